The van der Waals surface area contributed by atoms with Crippen molar-refractivity contribution in [2.45, 2.75) is 71.1 Å². The van der Waals surface area contributed by atoms with Gasteiger partial charge in [-0.1, -0.05) is 19.1 Å². The summed E-state index contributed by atoms with van der Waals surface area (Å²) in [5.74, 6) is 1.40. The van der Waals surface area contributed by atoms with Crippen molar-refractivity contribution in [3.63, 3.8) is 0 Å². The molecule has 3 rings (SSSR count). The number of hydrogen-bond donors (Lipinski definition) is 0. The minimum atomic E-state index is -0.485. The van der Waals surface area contributed by atoms with E-state index in [0.29, 0.717) is 5.92 Å². The predicted octanol–water partition coefficient (Wildman–Crippen LogP) is 4.87. The largest absolute Gasteiger partial charge is 0.490 e. The fourth-order valence-electron chi connectivity index (χ4n) is 4.11. The molecule has 0 radical (unpaired) electrons. The molecule has 0 N–H and O–H groups in total. The fraction of sp³-hybridized carbons (Fsp3) is 0.696. The molecule has 0 saturated carbocycles. The third kappa shape index (κ3) is 5.63. The summed E-state index contributed by atoms with van der Waals surface area (Å²) >= 11 is 0. The monoisotopic (exact) mass is 388 g/mol. The average molecular weight is 389 g/mol. The molecule has 0 bridgehead atoms. The number of likely N-dealkylation sites (tertiary alicyclic amines) is 2. The zero-order valence-corrected chi connectivity index (χ0v) is 18.1. The molecule has 1 aromatic carbocycles. The number of nitrogens with zero attached hydrogens (tertiary/aromatic N) is 2. The lowest BCUT2D eigenvalue weighted by atomic mass is 9.90. The maximum absolute atomic E-state index is 12.8. The standard InChI is InChI=1S/C23H36N2O3/c1-17-9-10-21(25(16-17)22(26)28-23(2,3)4)18-7-6-8-20(15-18)27-19-11-13-24(5)14-12-19/h6-8,15,17,19,21H,9-14,16H2,1-5H3/t17-,21+/m0/s1. The zero-order chi connectivity index (χ0) is 20.3. The molecule has 5 heteroatoms. The number of benzene rings is 1. The van der Waals surface area contributed by atoms with Gasteiger partial charge in [0.15, 0.2) is 0 Å². The quantitative estimate of drug-likeness (QED) is 0.741. The molecule has 5 nitrogen and oxygen atoms in total. The second-order valence-corrected chi connectivity index (χ2v) is 9.52. The number of amides is 1. The molecule has 2 atom stereocenters. The minimum Gasteiger partial charge on any atom is -0.490 e. The summed E-state index contributed by atoms with van der Waals surface area (Å²) in [6.45, 7) is 10.9. The van der Waals surface area contributed by atoms with Crippen molar-refractivity contribution < 1.29 is 14.3 Å². The smallest absolute Gasteiger partial charge is 0.410 e. The Morgan fingerprint density at radius 3 is 2.50 bits per heavy atom. The molecule has 0 aliphatic carbocycles. The van der Waals surface area contributed by atoms with E-state index in [1.165, 1.54) is 0 Å². The van der Waals surface area contributed by atoms with Crippen LogP contribution in [0.3, 0.4) is 0 Å². The van der Waals surface area contributed by atoms with Gasteiger partial charge in [0.25, 0.3) is 0 Å². The van der Waals surface area contributed by atoms with Crippen molar-refractivity contribution in [3.8, 4) is 5.75 Å². The molecule has 1 amide bonds. The summed E-state index contributed by atoms with van der Waals surface area (Å²) in [4.78, 5) is 17.1. The number of carbonyl (C=O) groups excluding carboxylic acids is 1. The maximum atomic E-state index is 12.8. The van der Waals surface area contributed by atoms with Gasteiger partial charge in [-0.25, -0.2) is 4.79 Å². The Bertz CT molecular complexity index is 662. The molecule has 2 heterocycles. The van der Waals surface area contributed by atoms with Crippen LogP contribution in [0.2, 0.25) is 0 Å². The van der Waals surface area contributed by atoms with E-state index in [0.717, 1.165) is 56.6 Å². The van der Waals surface area contributed by atoms with Gasteiger partial charge in [-0.05, 0) is 77.1 Å². The van der Waals surface area contributed by atoms with Crippen LogP contribution in [0.1, 0.15) is 65.0 Å². The van der Waals surface area contributed by atoms with Crippen molar-refractivity contribution in [2.75, 3.05) is 26.7 Å². The van der Waals surface area contributed by atoms with Crippen LogP contribution in [0.5, 0.6) is 5.75 Å². The van der Waals surface area contributed by atoms with Crippen molar-refractivity contribution in [1.29, 1.82) is 0 Å². The van der Waals surface area contributed by atoms with Crippen molar-refractivity contribution in [3.05, 3.63) is 29.8 Å². The van der Waals surface area contributed by atoms with Gasteiger partial charge in [0.1, 0.15) is 17.5 Å². The highest BCUT2D eigenvalue weighted by Crippen LogP contribution is 2.36. The van der Waals surface area contributed by atoms with E-state index in [4.69, 9.17) is 9.47 Å². The first kappa shape index (κ1) is 21.0. The van der Waals surface area contributed by atoms with Gasteiger partial charge in [-0.15, -0.1) is 0 Å². The van der Waals surface area contributed by atoms with Gasteiger partial charge in [-0.3, -0.25) is 0 Å². The third-order valence-corrected chi connectivity index (χ3v) is 5.66. The Hall–Kier alpha value is -1.75. The summed E-state index contributed by atoms with van der Waals surface area (Å²) in [7, 11) is 2.16. The third-order valence-electron chi connectivity index (χ3n) is 5.66. The summed E-state index contributed by atoms with van der Waals surface area (Å²) in [6.07, 6.45) is 4.25. The molecular formula is C23H36N2O3. The molecule has 2 saturated heterocycles. The molecule has 28 heavy (non-hydrogen) atoms. The predicted molar refractivity (Wildman–Crippen MR) is 112 cm³/mol. The first-order valence-electron chi connectivity index (χ1n) is 10.7. The molecule has 0 spiro atoms. The molecule has 156 valence electrons. The topological polar surface area (TPSA) is 42.0 Å². The van der Waals surface area contributed by atoms with Crippen LogP contribution in [-0.4, -0.2) is 54.3 Å². The van der Waals surface area contributed by atoms with E-state index in [-0.39, 0.29) is 18.2 Å². The van der Waals surface area contributed by atoms with E-state index in [1.54, 1.807) is 0 Å². The Morgan fingerprint density at radius 2 is 1.82 bits per heavy atom. The van der Waals surface area contributed by atoms with Crippen LogP contribution in [0, 0.1) is 5.92 Å². The molecule has 1 aromatic rings. The van der Waals surface area contributed by atoms with Gasteiger partial charge in [0.2, 0.25) is 0 Å². The van der Waals surface area contributed by atoms with Crippen LogP contribution in [0.4, 0.5) is 4.79 Å². The normalized spacial score (nSPS) is 24.8. The average Bonchev–Trinajstić information content (AvgIpc) is 2.62. The van der Waals surface area contributed by atoms with Gasteiger partial charge in [0, 0.05) is 19.6 Å². The number of hydrogen-bond acceptors (Lipinski definition) is 4. The lowest BCUT2D eigenvalue weighted by Crippen LogP contribution is -2.44. The fourth-order valence-corrected chi connectivity index (χ4v) is 4.11. The van der Waals surface area contributed by atoms with Crippen LogP contribution in [-0.2, 0) is 4.74 Å². The molecule has 0 aromatic heterocycles. The first-order valence-corrected chi connectivity index (χ1v) is 10.7. The van der Waals surface area contributed by atoms with E-state index in [1.807, 2.05) is 37.8 Å². The molecular weight excluding hydrogens is 352 g/mol. The van der Waals surface area contributed by atoms with Crippen LogP contribution in [0.15, 0.2) is 24.3 Å². The van der Waals surface area contributed by atoms with Crippen LogP contribution >= 0.6 is 0 Å². The van der Waals surface area contributed by atoms with Crippen molar-refractivity contribution in [2.24, 2.45) is 5.92 Å². The van der Waals surface area contributed by atoms with E-state index in [2.05, 4.69) is 31.0 Å². The number of piperidine rings is 2. The highest BCUT2D eigenvalue weighted by molar-refractivity contribution is 5.69. The molecule has 2 fully saturated rings. The lowest BCUT2D eigenvalue weighted by Gasteiger charge is -2.39. The maximum Gasteiger partial charge on any atom is 0.410 e. The van der Waals surface area contributed by atoms with Gasteiger partial charge in [0.05, 0.1) is 6.04 Å². The van der Waals surface area contributed by atoms with E-state index < -0.39 is 5.60 Å². The van der Waals surface area contributed by atoms with Crippen LogP contribution in [0.25, 0.3) is 0 Å². The number of carbonyl (C=O) groups is 1. The molecule has 2 aliphatic heterocycles. The summed E-state index contributed by atoms with van der Waals surface area (Å²) in [5, 5.41) is 0. The van der Waals surface area contributed by atoms with Gasteiger partial charge >= 0.3 is 6.09 Å². The van der Waals surface area contributed by atoms with E-state index >= 15 is 0 Å². The molecule has 0 unspecified atom stereocenters. The first-order chi connectivity index (χ1) is 13.2. The highest BCUT2D eigenvalue weighted by Gasteiger charge is 2.34. The van der Waals surface area contributed by atoms with Crippen molar-refractivity contribution >= 4 is 6.09 Å². The molecule has 2 aliphatic rings. The highest BCUT2D eigenvalue weighted by atomic mass is 16.6. The van der Waals surface area contributed by atoms with Gasteiger partial charge in [-0.2, -0.15) is 0 Å². The Labute approximate surface area is 170 Å². The zero-order valence-electron chi connectivity index (χ0n) is 18.1. The number of ether oxygens (including phenoxy) is 2. The van der Waals surface area contributed by atoms with E-state index in [9.17, 15) is 4.79 Å². The van der Waals surface area contributed by atoms with Crippen LogP contribution < -0.4 is 4.74 Å². The second kappa shape index (κ2) is 8.73. The Morgan fingerprint density at radius 1 is 1.11 bits per heavy atom. The van der Waals surface area contributed by atoms with Crippen molar-refractivity contribution in [1.82, 2.24) is 9.80 Å². The Kier molecular flexibility index (Phi) is 6.54. The Balaban J connectivity index is 1.73. The SMILES string of the molecule is C[C@H]1CC[C@H](c2cccc(OC3CCN(C)CC3)c2)N(C(=O)OC(C)(C)C)C1. The summed E-state index contributed by atoms with van der Waals surface area (Å²) < 4.78 is 12.0. The minimum absolute atomic E-state index is 0.0482. The second-order valence-electron chi connectivity index (χ2n) is 9.52. The lowest BCUT2D eigenvalue weighted by molar-refractivity contribution is 0.00356. The summed E-state index contributed by atoms with van der Waals surface area (Å²) in [5.41, 5.74) is 0.657. The number of rotatable bonds is 3. The summed E-state index contributed by atoms with van der Waals surface area (Å²) in [6, 6.07) is 8.36. The van der Waals surface area contributed by atoms with Gasteiger partial charge < -0.3 is 19.3 Å².